The highest BCUT2D eigenvalue weighted by molar-refractivity contribution is 5.56. The fourth-order valence-electron chi connectivity index (χ4n) is 2.52. The second-order valence-corrected chi connectivity index (χ2v) is 5.02. The van der Waals surface area contributed by atoms with Crippen molar-refractivity contribution >= 4 is 5.69 Å². The van der Waals surface area contributed by atoms with E-state index in [1.807, 2.05) is 0 Å². The number of hydrogen-bond donors (Lipinski definition) is 1. The number of benzene rings is 1. The molecule has 2 atom stereocenters. The third-order valence-electron chi connectivity index (χ3n) is 3.57. The monoisotopic (exact) mass is 283 g/mol. The highest BCUT2D eigenvalue weighted by atomic mass is 19.1. The smallest absolute Gasteiger partial charge is 0.167 e. The predicted molar refractivity (Wildman–Crippen MR) is 75.7 cm³/mol. The Morgan fingerprint density at radius 1 is 1.25 bits per heavy atom. The van der Waals surface area contributed by atoms with Crippen LogP contribution in [0.1, 0.15) is 32.6 Å². The minimum absolute atomic E-state index is 0.0518. The van der Waals surface area contributed by atoms with E-state index >= 15 is 0 Å². The van der Waals surface area contributed by atoms with E-state index in [4.69, 9.17) is 19.9 Å². The second kappa shape index (κ2) is 6.79. The van der Waals surface area contributed by atoms with Crippen LogP contribution >= 0.6 is 0 Å². The van der Waals surface area contributed by atoms with Gasteiger partial charge in [0.15, 0.2) is 11.6 Å². The summed E-state index contributed by atoms with van der Waals surface area (Å²) >= 11 is 0. The van der Waals surface area contributed by atoms with Crippen molar-refractivity contribution in [2.45, 2.75) is 44.8 Å². The van der Waals surface area contributed by atoms with E-state index in [9.17, 15) is 4.39 Å². The number of anilines is 1. The zero-order valence-electron chi connectivity index (χ0n) is 12.0. The van der Waals surface area contributed by atoms with Gasteiger partial charge in [-0.1, -0.05) is 0 Å². The van der Waals surface area contributed by atoms with Crippen LogP contribution in [0.4, 0.5) is 10.1 Å². The number of methoxy groups -OCH3 is 1. The molecule has 1 aromatic carbocycles. The van der Waals surface area contributed by atoms with Gasteiger partial charge >= 0.3 is 0 Å². The van der Waals surface area contributed by atoms with Crippen molar-refractivity contribution in [3.63, 3.8) is 0 Å². The highest BCUT2D eigenvalue weighted by Crippen LogP contribution is 2.33. The Bertz CT molecular complexity index is 453. The molecule has 0 bridgehead atoms. The summed E-state index contributed by atoms with van der Waals surface area (Å²) in [5.41, 5.74) is 6.12. The molecule has 1 saturated carbocycles. The minimum Gasteiger partial charge on any atom is -0.491 e. The number of nitrogens with two attached hydrogens (primary N) is 1. The summed E-state index contributed by atoms with van der Waals surface area (Å²) in [6.45, 7) is 2.20. The third-order valence-corrected chi connectivity index (χ3v) is 3.57. The number of ether oxygens (including phenoxy) is 3. The molecule has 5 heteroatoms. The lowest BCUT2D eigenvalue weighted by molar-refractivity contribution is 0.0211. The highest BCUT2D eigenvalue weighted by Gasteiger charge is 2.24. The van der Waals surface area contributed by atoms with Crippen molar-refractivity contribution in [1.29, 1.82) is 0 Å². The maximum atomic E-state index is 13.6. The maximum Gasteiger partial charge on any atom is 0.167 e. The largest absolute Gasteiger partial charge is 0.491 e. The van der Waals surface area contributed by atoms with Gasteiger partial charge in [0.2, 0.25) is 0 Å². The Morgan fingerprint density at radius 2 is 2.00 bits per heavy atom. The van der Waals surface area contributed by atoms with Crippen LogP contribution in [-0.4, -0.2) is 25.9 Å². The van der Waals surface area contributed by atoms with E-state index in [-0.39, 0.29) is 18.0 Å². The summed E-state index contributed by atoms with van der Waals surface area (Å²) < 4.78 is 30.1. The Kier molecular flexibility index (Phi) is 5.06. The fraction of sp³-hybridized carbons (Fsp3) is 0.600. The average molecular weight is 283 g/mol. The first-order valence-electron chi connectivity index (χ1n) is 7.05. The first-order valence-corrected chi connectivity index (χ1v) is 7.05. The molecule has 1 aliphatic rings. The van der Waals surface area contributed by atoms with E-state index in [0.29, 0.717) is 18.0 Å². The van der Waals surface area contributed by atoms with Gasteiger partial charge in [0.05, 0.1) is 18.4 Å². The summed E-state index contributed by atoms with van der Waals surface area (Å²) in [5.74, 6) is 0.197. The van der Waals surface area contributed by atoms with E-state index < -0.39 is 5.82 Å². The van der Waals surface area contributed by atoms with Crippen molar-refractivity contribution in [3.05, 3.63) is 17.9 Å². The van der Waals surface area contributed by atoms with Crippen molar-refractivity contribution < 1.29 is 18.6 Å². The molecule has 20 heavy (non-hydrogen) atoms. The molecule has 0 aromatic heterocycles. The van der Waals surface area contributed by atoms with E-state index in [1.54, 1.807) is 14.0 Å². The van der Waals surface area contributed by atoms with Crippen LogP contribution in [0.15, 0.2) is 12.1 Å². The number of nitrogen functional groups attached to an aromatic ring is 1. The molecule has 2 N–H and O–H groups in total. The van der Waals surface area contributed by atoms with E-state index in [0.717, 1.165) is 25.7 Å². The van der Waals surface area contributed by atoms with Crippen LogP contribution in [0.2, 0.25) is 0 Å². The summed E-state index contributed by atoms with van der Waals surface area (Å²) in [7, 11) is 1.71. The molecule has 1 aliphatic carbocycles. The van der Waals surface area contributed by atoms with Gasteiger partial charge < -0.3 is 19.9 Å². The molecular weight excluding hydrogens is 261 g/mol. The van der Waals surface area contributed by atoms with Crippen LogP contribution in [0, 0.1) is 5.82 Å². The van der Waals surface area contributed by atoms with Crippen molar-refractivity contribution in [2.75, 3.05) is 19.5 Å². The summed E-state index contributed by atoms with van der Waals surface area (Å²) in [6.07, 6.45) is 4.18. The molecule has 2 unspecified atom stereocenters. The van der Waals surface area contributed by atoms with Gasteiger partial charge in [-0.05, 0) is 26.2 Å². The Balaban J connectivity index is 2.10. The van der Waals surface area contributed by atoms with E-state index in [2.05, 4.69) is 0 Å². The van der Waals surface area contributed by atoms with Gasteiger partial charge in [-0.25, -0.2) is 4.39 Å². The first kappa shape index (κ1) is 14.9. The number of hydrogen-bond acceptors (Lipinski definition) is 4. The third kappa shape index (κ3) is 3.54. The van der Waals surface area contributed by atoms with Crippen molar-refractivity contribution in [3.8, 4) is 11.5 Å². The zero-order chi connectivity index (χ0) is 14.5. The quantitative estimate of drug-likeness (QED) is 0.843. The molecular formula is C15H22FNO3. The summed E-state index contributed by atoms with van der Waals surface area (Å²) in [4.78, 5) is 0. The van der Waals surface area contributed by atoms with Crippen LogP contribution in [0.25, 0.3) is 0 Å². The van der Waals surface area contributed by atoms with Crippen LogP contribution in [0.5, 0.6) is 11.5 Å². The SMILES string of the molecule is CCOc1cc(OC2CCCC(OC)C2)c(N)cc1F. The van der Waals surface area contributed by atoms with Gasteiger partial charge in [-0.3, -0.25) is 0 Å². The molecule has 2 rings (SSSR count). The first-order chi connectivity index (χ1) is 9.63. The lowest BCUT2D eigenvalue weighted by Crippen LogP contribution is -2.29. The molecule has 0 saturated heterocycles. The van der Waals surface area contributed by atoms with Gasteiger partial charge in [0, 0.05) is 25.7 Å². The Hall–Kier alpha value is -1.49. The van der Waals surface area contributed by atoms with Gasteiger partial charge in [-0.2, -0.15) is 0 Å². The van der Waals surface area contributed by atoms with Gasteiger partial charge in [-0.15, -0.1) is 0 Å². The lowest BCUT2D eigenvalue weighted by Gasteiger charge is -2.29. The standard InChI is InChI=1S/C15H22FNO3/c1-3-19-14-9-15(13(17)8-12(14)16)20-11-6-4-5-10(7-11)18-2/h8-11H,3-7,17H2,1-2H3. The van der Waals surface area contributed by atoms with Gasteiger partial charge in [0.25, 0.3) is 0 Å². The van der Waals surface area contributed by atoms with Gasteiger partial charge in [0.1, 0.15) is 11.9 Å². The predicted octanol–water partition coefficient (Wildman–Crippen LogP) is 3.14. The Morgan fingerprint density at radius 3 is 2.70 bits per heavy atom. The average Bonchev–Trinajstić information content (AvgIpc) is 2.44. The summed E-state index contributed by atoms with van der Waals surface area (Å²) in [6, 6.07) is 2.78. The molecule has 0 spiro atoms. The lowest BCUT2D eigenvalue weighted by atomic mass is 9.95. The van der Waals surface area contributed by atoms with E-state index in [1.165, 1.54) is 12.1 Å². The maximum absolute atomic E-state index is 13.6. The molecule has 4 nitrogen and oxygen atoms in total. The Labute approximate surface area is 119 Å². The second-order valence-electron chi connectivity index (χ2n) is 5.02. The molecule has 0 amide bonds. The fourth-order valence-corrected chi connectivity index (χ4v) is 2.52. The molecule has 112 valence electrons. The zero-order valence-corrected chi connectivity index (χ0v) is 12.0. The van der Waals surface area contributed by atoms with Crippen molar-refractivity contribution in [2.24, 2.45) is 0 Å². The van der Waals surface area contributed by atoms with Crippen molar-refractivity contribution in [1.82, 2.24) is 0 Å². The molecule has 0 aliphatic heterocycles. The number of rotatable bonds is 5. The van der Waals surface area contributed by atoms with Crippen LogP contribution in [0.3, 0.4) is 0 Å². The topological polar surface area (TPSA) is 53.7 Å². The summed E-state index contributed by atoms with van der Waals surface area (Å²) in [5, 5.41) is 0. The molecule has 0 radical (unpaired) electrons. The minimum atomic E-state index is -0.463. The normalized spacial score (nSPS) is 22.6. The van der Waals surface area contributed by atoms with Crippen LogP contribution in [-0.2, 0) is 4.74 Å². The molecule has 1 fully saturated rings. The molecule has 1 aromatic rings. The number of halogens is 1. The van der Waals surface area contributed by atoms with Crippen LogP contribution < -0.4 is 15.2 Å². The molecule has 0 heterocycles.